The van der Waals surface area contributed by atoms with Crippen molar-refractivity contribution in [3.8, 4) is 5.75 Å². The number of nitrogens with zero attached hydrogens (tertiary/aromatic N) is 3. The smallest absolute Gasteiger partial charge is 0.327 e. The van der Waals surface area contributed by atoms with Gasteiger partial charge in [0.25, 0.3) is 10.1 Å². The number of hydrogen-bond donors (Lipinski definition) is 2. The number of aliphatic hydroxyl groups excluding tert-OH is 1. The number of aromatic nitrogens is 1. The molecule has 0 radical (unpaired) electrons. The molecule has 3 aliphatic rings. The highest BCUT2D eigenvalue weighted by Gasteiger charge is 2.43. The van der Waals surface area contributed by atoms with Crippen LogP contribution in [0.5, 0.6) is 5.75 Å². The first-order chi connectivity index (χ1) is 26.7. The Labute approximate surface area is 338 Å². The largest absolute Gasteiger partial charge is 0.494 e. The van der Waals surface area contributed by atoms with E-state index in [1.54, 1.807) is 0 Å². The molecule has 0 saturated carbocycles. The average molecular weight is 799 g/mol. The Morgan fingerprint density at radius 3 is 2.52 bits per heavy atom. The van der Waals surface area contributed by atoms with Gasteiger partial charge in [0, 0.05) is 30.0 Å². The zero-order chi connectivity index (χ0) is 40.1. The number of pyridine rings is 1. The number of halogens is 1. The molecule has 56 heavy (non-hydrogen) atoms. The maximum atomic E-state index is 11.7. The summed E-state index contributed by atoms with van der Waals surface area (Å²) in [6, 6.07) is 18.7. The van der Waals surface area contributed by atoms with Crippen LogP contribution in [0.4, 0.5) is 11.5 Å². The molecule has 0 spiro atoms. The van der Waals surface area contributed by atoms with Gasteiger partial charge in [-0.05, 0) is 128 Å². The van der Waals surface area contributed by atoms with Crippen LogP contribution >= 0.6 is 11.6 Å². The number of rotatable bonds is 16. The van der Waals surface area contributed by atoms with E-state index in [0.29, 0.717) is 26.0 Å². The van der Waals surface area contributed by atoms with Gasteiger partial charge in [-0.1, -0.05) is 81.3 Å². The molecule has 2 N–H and O–H groups in total. The topological polar surface area (TPSA) is 103 Å². The number of aliphatic hydroxyl groups is 1. The molecule has 3 heterocycles. The van der Waals surface area contributed by atoms with Crippen molar-refractivity contribution in [2.75, 3.05) is 30.4 Å². The SMILES string of the molecule is CCCC[n+]1cc(Cl)cc2c1N=C(/C=C/C1=C(c3cccc(OCCCCO)c3)C(=C/C=C3/N(CCCS(=O)(=O)O)c4ccccc4C3(C)C)/CCC1)C2(C)C. The molecule has 0 atom stereocenters. The van der Waals surface area contributed by atoms with Crippen molar-refractivity contribution >= 4 is 44.5 Å². The van der Waals surface area contributed by atoms with Crippen molar-refractivity contribution in [3.05, 3.63) is 124 Å². The summed E-state index contributed by atoms with van der Waals surface area (Å²) < 4.78 is 41.2. The van der Waals surface area contributed by atoms with Gasteiger partial charge >= 0.3 is 5.82 Å². The Hall–Kier alpha value is -4.02. The normalized spacial score (nSPS) is 18.9. The van der Waals surface area contributed by atoms with E-state index in [-0.39, 0.29) is 23.2 Å². The Kier molecular flexibility index (Phi) is 13.1. The number of aryl methyl sites for hydroxylation is 1. The second-order valence-corrected chi connectivity index (χ2v) is 18.1. The predicted molar refractivity (Wildman–Crippen MR) is 229 cm³/mol. The molecule has 0 amide bonds. The lowest BCUT2D eigenvalue weighted by atomic mass is 9.80. The first kappa shape index (κ1) is 41.6. The van der Waals surface area contributed by atoms with Crippen molar-refractivity contribution < 1.29 is 27.4 Å². The molecule has 0 fully saturated rings. The monoisotopic (exact) mass is 798 g/mol. The quantitative estimate of drug-likeness (QED) is 0.0850. The van der Waals surface area contributed by atoms with E-state index >= 15 is 0 Å². The van der Waals surface area contributed by atoms with E-state index in [1.807, 2.05) is 30.5 Å². The molecule has 10 heteroatoms. The fraction of sp³-hybridized carbons (Fsp3) is 0.435. The molecule has 2 aromatic carbocycles. The number of hydrogen-bond acceptors (Lipinski definition) is 6. The van der Waals surface area contributed by atoms with Gasteiger partial charge in [0.05, 0.1) is 34.9 Å². The van der Waals surface area contributed by atoms with Gasteiger partial charge in [0.15, 0.2) is 5.71 Å². The summed E-state index contributed by atoms with van der Waals surface area (Å²) in [5.74, 6) is 1.48. The van der Waals surface area contributed by atoms with Crippen molar-refractivity contribution in [3.63, 3.8) is 0 Å². The second-order valence-electron chi connectivity index (χ2n) is 16.1. The van der Waals surface area contributed by atoms with E-state index < -0.39 is 10.1 Å². The maximum absolute atomic E-state index is 11.7. The molecule has 2 aliphatic heterocycles. The van der Waals surface area contributed by atoms with E-state index in [2.05, 4.69) is 98.7 Å². The highest BCUT2D eigenvalue weighted by atomic mass is 35.5. The number of para-hydroxylation sites is 1. The second kappa shape index (κ2) is 17.6. The van der Waals surface area contributed by atoms with Crippen LogP contribution in [0.2, 0.25) is 5.02 Å². The van der Waals surface area contributed by atoms with Gasteiger partial charge in [-0.15, -0.1) is 0 Å². The van der Waals surface area contributed by atoms with Crippen LogP contribution in [-0.2, 0) is 27.5 Å². The predicted octanol–water partition coefficient (Wildman–Crippen LogP) is 10.0. The van der Waals surface area contributed by atoms with Gasteiger partial charge in [-0.2, -0.15) is 8.42 Å². The van der Waals surface area contributed by atoms with Crippen molar-refractivity contribution in [2.24, 2.45) is 4.99 Å². The number of fused-ring (bicyclic) bond motifs is 2. The molecule has 298 valence electrons. The third-order valence-electron chi connectivity index (χ3n) is 11.3. The third-order valence-corrected chi connectivity index (χ3v) is 12.3. The first-order valence-corrected chi connectivity index (χ1v) is 22.0. The van der Waals surface area contributed by atoms with E-state index in [1.165, 1.54) is 22.3 Å². The summed E-state index contributed by atoms with van der Waals surface area (Å²) in [7, 11) is -4.08. The van der Waals surface area contributed by atoms with E-state index in [9.17, 15) is 18.1 Å². The molecule has 0 bridgehead atoms. The number of unbranched alkanes of at least 4 members (excludes halogenated alkanes) is 2. The van der Waals surface area contributed by atoms with Crippen LogP contribution in [0.25, 0.3) is 5.57 Å². The molecule has 1 aliphatic carbocycles. The Morgan fingerprint density at radius 2 is 1.75 bits per heavy atom. The molecule has 6 rings (SSSR count). The molecule has 0 unspecified atom stereocenters. The fourth-order valence-corrected chi connectivity index (χ4v) is 8.97. The minimum atomic E-state index is -4.08. The number of ether oxygens (including phenoxy) is 1. The minimum absolute atomic E-state index is 0.147. The summed E-state index contributed by atoms with van der Waals surface area (Å²) in [5.41, 5.74) is 9.50. The molecule has 3 aromatic rings. The molecule has 1 aromatic heterocycles. The Bertz CT molecular complexity index is 2200. The number of allylic oxidation sites excluding steroid dienone is 8. The number of aliphatic imine (C=N–C) groups is 1. The van der Waals surface area contributed by atoms with Crippen LogP contribution in [0.3, 0.4) is 0 Å². The number of anilines is 1. The Morgan fingerprint density at radius 1 is 0.946 bits per heavy atom. The van der Waals surface area contributed by atoms with E-state index in [0.717, 1.165) is 89.9 Å². The lowest BCUT2D eigenvalue weighted by Gasteiger charge is -2.27. The molecule has 0 saturated heterocycles. The van der Waals surface area contributed by atoms with Crippen LogP contribution in [0.1, 0.15) is 103 Å². The van der Waals surface area contributed by atoms with Crippen LogP contribution in [0.15, 0.2) is 107 Å². The zero-order valence-electron chi connectivity index (χ0n) is 33.5. The average Bonchev–Trinajstić information content (AvgIpc) is 3.54. The van der Waals surface area contributed by atoms with Crippen LogP contribution < -0.4 is 14.2 Å². The van der Waals surface area contributed by atoms with Gasteiger partial charge in [-0.25, -0.2) is 4.57 Å². The lowest BCUT2D eigenvalue weighted by molar-refractivity contribution is -0.684. The number of benzene rings is 2. The highest BCUT2D eigenvalue weighted by Crippen LogP contribution is 2.48. The molecule has 8 nitrogen and oxygen atoms in total. The van der Waals surface area contributed by atoms with Crippen molar-refractivity contribution in [1.29, 1.82) is 0 Å². The van der Waals surface area contributed by atoms with Gasteiger partial charge in [-0.3, -0.25) is 4.55 Å². The fourth-order valence-electron chi connectivity index (χ4n) is 8.25. The maximum Gasteiger partial charge on any atom is 0.327 e. The zero-order valence-corrected chi connectivity index (χ0v) is 35.1. The van der Waals surface area contributed by atoms with Gasteiger partial charge in [0.1, 0.15) is 11.9 Å². The van der Waals surface area contributed by atoms with Crippen molar-refractivity contribution in [2.45, 2.75) is 103 Å². The summed E-state index contributed by atoms with van der Waals surface area (Å²) in [6.45, 7) is 13.1. The van der Waals surface area contributed by atoms with Crippen LogP contribution in [0, 0.1) is 0 Å². The summed E-state index contributed by atoms with van der Waals surface area (Å²) in [4.78, 5) is 7.44. The molecular weight excluding hydrogens is 742 g/mol. The highest BCUT2D eigenvalue weighted by molar-refractivity contribution is 7.85. The van der Waals surface area contributed by atoms with Gasteiger partial charge in [0.2, 0.25) is 0 Å². The summed E-state index contributed by atoms with van der Waals surface area (Å²) in [5, 5.41) is 10.0. The summed E-state index contributed by atoms with van der Waals surface area (Å²) in [6.07, 6.45) is 17.6. The minimum Gasteiger partial charge on any atom is -0.494 e. The summed E-state index contributed by atoms with van der Waals surface area (Å²) >= 11 is 6.65. The standard InChI is InChI=1S/C46H56ClN3O5S/c1-6-7-25-49-32-36(47)31-39-44(49)48-41(45(39,2)3)23-21-33-15-12-16-34(43(33)35-17-13-18-37(30-35)55-28-11-10-27-51)22-24-42-46(4,5)38-19-8-9-20-40(38)50(42)26-14-29-56(52,53)54/h8-9,13,17-24,30-32,51H,6-7,10-12,14-16,25-29H2,1-5H3/p+1. The molecular formula is C46H57ClN3O5S+. The van der Waals surface area contributed by atoms with Crippen LogP contribution in [-0.4, -0.2) is 49.3 Å². The van der Waals surface area contributed by atoms with Crippen molar-refractivity contribution in [1.82, 2.24) is 0 Å². The first-order valence-electron chi connectivity index (χ1n) is 20.1. The van der Waals surface area contributed by atoms with Gasteiger partial charge < -0.3 is 14.7 Å². The Balaban J connectivity index is 1.43. The third kappa shape index (κ3) is 9.23. The van der Waals surface area contributed by atoms with E-state index in [4.69, 9.17) is 21.3 Å². The lowest BCUT2D eigenvalue weighted by Crippen LogP contribution is -2.35.